The molecule has 0 aliphatic carbocycles. The number of thiocarbonyl (C=S) groups is 1. The molecule has 18 heavy (non-hydrogen) atoms. The summed E-state index contributed by atoms with van der Waals surface area (Å²) in [6.45, 7) is 9.53. The van der Waals surface area contributed by atoms with E-state index in [0.717, 1.165) is 24.3 Å². The maximum atomic E-state index is 4.84. The summed E-state index contributed by atoms with van der Waals surface area (Å²) >= 11 is 4.84. The average molecular weight is 265 g/mol. The van der Waals surface area contributed by atoms with Crippen molar-refractivity contribution in [1.82, 2.24) is 5.32 Å². The van der Waals surface area contributed by atoms with Crippen LogP contribution in [0.2, 0.25) is 0 Å². The molecule has 0 aliphatic rings. The topological polar surface area (TPSA) is 12.0 Å². The number of aryl methyl sites for hydroxylation is 1. The molecule has 1 aromatic carbocycles. The lowest BCUT2D eigenvalue weighted by Gasteiger charge is -1.95. The first-order valence-electron chi connectivity index (χ1n) is 6.47. The largest absolute Gasteiger partial charge is 0.383 e. The molecule has 0 saturated carbocycles. The van der Waals surface area contributed by atoms with Crippen molar-refractivity contribution < 1.29 is 0 Å². The van der Waals surface area contributed by atoms with E-state index < -0.39 is 0 Å². The van der Waals surface area contributed by atoms with Crippen molar-refractivity contribution in [2.24, 2.45) is 0 Å². The van der Waals surface area contributed by atoms with Crippen LogP contribution in [0.4, 0.5) is 0 Å². The van der Waals surface area contributed by atoms with Crippen LogP contribution in [0.1, 0.15) is 39.2 Å². The molecule has 0 unspecified atom stereocenters. The Morgan fingerprint density at radius 1 is 1.28 bits per heavy atom. The molecule has 0 spiro atoms. The van der Waals surface area contributed by atoms with Crippen molar-refractivity contribution in [3.8, 4) is 0 Å². The van der Waals surface area contributed by atoms with Gasteiger partial charge in [0.1, 0.15) is 0 Å². The van der Waals surface area contributed by atoms with Crippen LogP contribution in [-0.2, 0) is 6.42 Å². The number of allylic oxidation sites excluding steroid dienone is 1. The molecule has 0 amide bonds. The van der Waals surface area contributed by atoms with E-state index in [-0.39, 0.29) is 0 Å². The Kier molecular flexibility index (Phi) is 16.9. The van der Waals surface area contributed by atoms with Gasteiger partial charge in [-0.2, -0.15) is 0 Å². The molecule has 0 fully saturated rings. The van der Waals surface area contributed by atoms with Crippen molar-refractivity contribution in [3.05, 3.63) is 48.6 Å². The van der Waals surface area contributed by atoms with Crippen molar-refractivity contribution in [2.45, 2.75) is 40.0 Å². The van der Waals surface area contributed by atoms with Gasteiger partial charge in [-0.3, -0.25) is 0 Å². The highest BCUT2D eigenvalue weighted by Crippen LogP contribution is 1.96. The van der Waals surface area contributed by atoms with Crippen molar-refractivity contribution in [3.63, 3.8) is 0 Å². The predicted octanol–water partition coefficient (Wildman–Crippen LogP) is 4.77. The van der Waals surface area contributed by atoms with Crippen LogP contribution in [0, 0.1) is 0 Å². The Labute approximate surface area is 118 Å². The van der Waals surface area contributed by atoms with E-state index in [9.17, 15) is 0 Å². The number of rotatable bonds is 3. The molecule has 0 atom stereocenters. The molecule has 1 aromatic rings. The molecule has 0 saturated heterocycles. The predicted molar refractivity (Wildman–Crippen MR) is 88.3 cm³/mol. The third-order valence-electron chi connectivity index (χ3n) is 2.01. The fraction of sp³-hybridized carbons (Fsp3) is 0.438. The summed E-state index contributed by atoms with van der Waals surface area (Å²) in [5.74, 6) is 0. The van der Waals surface area contributed by atoms with E-state index in [1.807, 2.05) is 20.0 Å². The van der Waals surface area contributed by atoms with Gasteiger partial charge in [0.25, 0.3) is 0 Å². The Hall–Kier alpha value is -1.15. The van der Waals surface area contributed by atoms with Crippen LogP contribution in [-0.4, -0.2) is 12.0 Å². The molecule has 0 aromatic heterocycles. The Morgan fingerprint density at radius 3 is 2.00 bits per heavy atom. The van der Waals surface area contributed by atoms with Gasteiger partial charge in [-0.15, -0.1) is 6.58 Å². The van der Waals surface area contributed by atoms with Crippen molar-refractivity contribution in [2.75, 3.05) is 7.05 Å². The first-order valence-corrected chi connectivity index (χ1v) is 6.88. The summed E-state index contributed by atoms with van der Waals surface area (Å²) in [4.78, 5) is 0.961. The summed E-state index contributed by atoms with van der Waals surface area (Å²) in [7, 11) is 1.86. The van der Waals surface area contributed by atoms with Crippen LogP contribution in [0.25, 0.3) is 0 Å². The lowest BCUT2D eigenvalue weighted by Crippen LogP contribution is -2.13. The molecule has 0 bridgehead atoms. The van der Waals surface area contributed by atoms with Gasteiger partial charge in [0.2, 0.25) is 0 Å². The third-order valence-corrected chi connectivity index (χ3v) is 2.42. The normalized spacial score (nSPS) is 8.00. The molecule has 0 aliphatic heterocycles. The smallest absolute Gasteiger partial charge is 0.0750 e. The Balaban J connectivity index is 0. The molecule has 1 N–H and O–H groups in total. The second-order valence-corrected chi connectivity index (χ2v) is 4.16. The monoisotopic (exact) mass is 265 g/mol. The maximum Gasteiger partial charge on any atom is 0.0750 e. The highest BCUT2D eigenvalue weighted by molar-refractivity contribution is 7.80. The zero-order valence-electron chi connectivity index (χ0n) is 12.2. The third kappa shape index (κ3) is 14.9. The molecule has 1 nitrogen and oxygen atoms in total. The van der Waals surface area contributed by atoms with Crippen LogP contribution >= 0.6 is 12.2 Å². The van der Waals surface area contributed by atoms with Gasteiger partial charge >= 0.3 is 0 Å². The summed E-state index contributed by atoms with van der Waals surface area (Å²) in [6, 6.07) is 10.5. The summed E-state index contributed by atoms with van der Waals surface area (Å²) < 4.78 is 0. The van der Waals surface area contributed by atoms with Gasteiger partial charge in [0.05, 0.1) is 4.99 Å². The van der Waals surface area contributed by atoms with E-state index in [1.54, 1.807) is 6.08 Å². The zero-order chi connectivity index (χ0) is 14.2. The molecule has 0 heterocycles. The molecule has 2 heteroatoms. The molecule has 1 rings (SSSR count). The lowest BCUT2D eigenvalue weighted by atomic mass is 10.2. The minimum absolute atomic E-state index is 0.961. The first-order chi connectivity index (χ1) is 8.65. The molecule has 0 radical (unpaired) electrons. The number of hydrogen-bond donors (Lipinski definition) is 1. The molecule has 102 valence electrons. The van der Waals surface area contributed by atoms with Gasteiger partial charge in [-0.1, -0.05) is 62.5 Å². The fourth-order valence-corrected chi connectivity index (χ4v) is 1.27. The van der Waals surface area contributed by atoms with Crippen molar-refractivity contribution in [1.29, 1.82) is 0 Å². The SMILES string of the molecule is C=CC.CCCC(=S)NC.CCc1ccccc1. The lowest BCUT2D eigenvalue weighted by molar-refractivity contribution is 0.966. The summed E-state index contributed by atoms with van der Waals surface area (Å²) in [5.41, 5.74) is 1.41. The Morgan fingerprint density at radius 2 is 1.78 bits per heavy atom. The molecular formula is C16H27NS. The van der Waals surface area contributed by atoms with Gasteiger partial charge in [0.15, 0.2) is 0 Å². The summed E-state index contributed by atoms with van der Waals surface area (Å²) in [6.07, 6.45) is 5.05. The van der Waals surface area contributed by atoms with Crippen LogP contribution < -0.4 is 5.32 Å². The van der Waals surface area contributed by atoms with E-state index >= 15 is 0 Å². The zero-order valence-corrected chi connectivity index (χ0v) is 13.0. The first kappa shape index (κ1) is 19.2. The number of nitrogens with one attached hydrogen (secondary N) is 1. The highest BCUT2D eigenvalue weighted by Gasteiger charge is 1.84. The van der Waals surface area contributed by atoms with Crippen LogP contribution in [0.3, 0.4) is 0 Å². The fourth-order valence-electron chi connectivity index (χ4n) is 1.07. The van der Waals surface area contributed by atoms with Crippen LogP contribution in [0.5, 0.6) is 0 Å². The van der Waals surface area contributed by atoms with Crippen LogP contribution in [0.15, 0.2) is 43.0 Å². The van der Waals surface area contributed by atoms with Gasteiger partial charge < -0.3 is 5.32 Å². The number of benzene rings is 1. The maximum absolute atomic E-state index is 4.84. The van der Waals surface area contributed by atoms with Gasteiger partial charge in [0, 0.05) is 7.05 Å². The second-order valence-electron chi connectivity index (χ2n) is 3.67. The Bertz CT molecular complexity index is 293. The minimum atomic E-state index is 0.961. The highest BCUT2D eigenvalue weighted by atomic mass is 32.1. The van der Waals surface area contributed by atoms with E-state index in [2.05, 4.69) is 50.0 Å². The van der Waals surface area contributed by atoms with E-state index in [1.165, 1.54) is 5.56 Å². The van der Waals surface area contributed by atoms with E-state index in [4.69, 9.17) is 12.2 Å². The standard InChI is InChI=1S/C8H10.C5H11NS.C3H6/c1-2-8-6-4-3-5-7-8;1-3-4-5(7)6-2;1-3-2/h3-7H,2H2,1H3;3-4H2,1-2H3,(H,6,7);3H,1H2,2H3. The average Bonchev–Trinajstić information content (AvgIpc) is 2.41. The molecular weight excluding hydrogens is 238 g/mol. The quantitative estimate of drug-likeness (QED) is 0.624. The van der Waals surface area contributed by atoms with Gasteiger partial charge in [-0.25, -0.2) is 0 Å². The van der Waals surface area contributed by atoms with E-state index in [0.29, 0.717) is 0 Å². The van der Waals surface area contributed by atoms with Gasteiger partial charge in [-0.05, 0) is 31.7 Å². The number of hydrogen-bond acceptors (Lipinski definition) is 1. The summed E-state index contributed by atoms with van der Waals surface area (Å²) in [5, 5.41) is 2.90. The second kappa shape index (κ2) is 15.9. The minimum Gasteiger partial charge on any atom is -0.383 e. The van der Waals surface area contributed by atoms with Crippen molar-refractivity contribution >= 4 is 17.2 Å².